The van der Waals surface area contributed by atoms with Gasteiger partial charge in [-0.05, 0) is 38.1 Å². The molecule has 2 nitrogen and oxygen atoms in total. The van der Waals surface area contributed by atoms with Crippen molar-refractivity contribution in [2.45, 2.75) is 26.8 Å². The number of rotatable bonds is 5. The molecule has 0 unspecified atom stereocenters. The third kappa shape index (κ3) is 3.53. The summed E-state index contributed by atoms with van der Waals surface area (Å²) in [6.07, 6.45) is 1.11. The number of hydrogen-bond acceptors (Lipinski definition) is 3. The first-order chi connectivity index (χ1) is 9.11. The zero-order chi connectivity index (χ0) is 13.8. The summed E-state index contributed by atoms with van der Waals surface area (Å²) >= 11 is 7.43. The molecule has 0 aliphatic rings. The van der Waals surface area contributed by atoms with Gasteiger partial charge in [0.2, 0.25) is 0 Å². The zero-order valence-corrected chi connectivity index (χ0v) is 12.5. The van der Waals surface area contributed by atoms with Crippen LogP contribution in [0.15, 0.2) is 18.2 Å². The van der Waals surface area contributed by atoms with Gasteiger partial charge in [0.15, 0.2) is 0 Å². The lowest BCUT2D eigenvalue weighted by Crippen LogP contribution is -2.13. The maximum Gasteiger partial charge on any atom is 0.141 e. The summed E-state index contributed by atoms with van der Waals surface area (Å²) < 4.78 is 13.1. The van der Waals surface area contributed by atoms with Gasteiger partial charge in [-0.3, -0.25) is 0 Å². The molecule has 0 aliphatic carbocycles. The molecule has 2 aromatic rings. The molecular formula is C14H16ClFN2S. The molecule has 0 saturated heterocycles. The van der Waals surface area contributed by atoms with Crippen molar-refractivity contribution in [3.8, 4) is 10.6 Å². The number of benzene rings is 1. The van der Waals surface area contributed by atoms with Gasteiger partial charge in [-0.15, -0.1) is 11.3 Å². The molecule has 0 aliphatic heterocycles. The Labute approximate surface area is 121 Å². The van der Waals surface area contributed by atoms with Crippen LogP contribution >= 0.6 is 22.9 Å². The largest absolute Gasteiger partial charge is 0.312 e. The van der Waals surface area contributed by atoms with Crippen LogP contribution in [0.25, 0.3) is 10.6 Å². The Balaban J connectivity index is 2.21. The van der Waals surface area contributed by atoms with Crippen LogP contribution in [0.3, 0.4) is 0 Å². The molecule has 1 aromatic heterocycles. The van der Waals surface area contributed by atoms with Gasteiger partial charge >= 0.3 is 0 Å². The molecule has 0 radical (unpaired) electrons. The third-order valence-electron chi connectivity index (χ3n) is 2.77. The predicted molar refractivity (Wildman–Crippen MR) is 79.3 cm³/mol. The van der Waals surface area contributed by atoms with Crippen molar-refractivity contribution in [1.29, 1.82) is 0 Å². The number of nitrogens with zero attached hydrogens (tertiary/aromatic N) is 1. The SMILES string of the molecule is CCCNCc1sc(-c2ccc(F)c(Cl)c2)nc1C. The summed E-state index contributed by atoms with van der Waals surface area (Å²) in [6, 6.07) is 4.71. The van der Waals surface area contributed by atoms with Gasteiger partial charge in [0.1, 0.15) is 10.8 Å². The van der Waals surface area contributed by atoms with E-state index in [-0.39, 0.29) is 5.02 Å². The fourth-order valence-corrected chi connectivity index (χ4v) is 2.93. The number of halogens is 2. The summed E-state index contributed by atoms with van der Waals surface area (Å²) in [4.78, 5) is 5.74. The highest BCUT2D eigenvalue weighted by Crippen LogP contribution is 2.30. The van der Waals surface area contributed by atoms with E-state index in [1.807, 2.05) is 6.92 Å². The van der Waals surface area contributed by atoms with E-state index in [9.17, 15) is 4.39 Å². The van der Waals surface area contributed by atoms with Crippen LogP contribution in [0.1, 0.15) is 23.9 Å². The highest BCUT2D eigenvalue weighted by atomic mass is 35.5. The summed E-state index contributed by atoms with van der Waals surface area (Å²) in [5.41, 5.74) is 1.88. The van der Waals surface area contributed by atoms with Crippen LogP contribution < -0.4 is 5.32 Å². The van der Waals surface area contributed by atoms with Gasteiger partial charge in [-0.25, -0.2) is 9.37 Å². The maximum absolute atomic E-state index is 13.1. The van der Waals surface area contributed by atoms with Crippen LogP contribution in [0.5, 0.6) is 0 Å². The Morgan fingerprint density at radius 3 is 2.89 bits per heavy atom. The Morgan fingerprint density at radius 1 is 1.42 bits per heavy atom. The Morgan fingerprint density at radius 2 is 2.21 bits per heavy atom. The van der Waals surface area contributed by atoms with E-state index in [0.29, 0.717) is 0 Å². The Kier molecular flexibility index (Phi) is 4.91. The van der Waals surface area contributed by atoms with E-state index in [0.717, 1.165) is 35.8 Å². The lowest BCUT2D eigenvalue weighted by atomic mass is 10.2. The molecule has 1 aromatic carbocycles. The first-order valence-corrected chi connectivity index (χ1v) is 7.43. The minimum absolute atomic E-state index is 0.135. The minimum atomic E-state index is -0.400. The second kappa shape index (κ2) is 6.46. The van der Waals surface area contributed by atoms with Gasteiger partial charge in [-0.1, -0.05) is 18.5 Å². The topological polar surface area (TPSA) is 24.9 Å². The molecule has 5 heteroatoms. The van der Waals surface area contributed by atoms with Crippen LogP contribution in [-0.4, -0.2) is 11.5 Å². The molecule has 0 bridgehead atoms. The monoisotopic (exact) mass is 298 g/mol. The fourth-order valence-electron chi connectivity index (χ4n) is 1.72. The molecular weight excluding hydrogens is 283 g/mol. The average molecular weight is 299 g/mol. The lowest BCUT2D eigenvalue weighted by molar-refractivity contribution is 0.628. The number of thiazole rings is 1. The van der Waals surface area contributed by atoms with E-state index in [2.05, 4.69) is 17.2 Å². The first-order valence-electron chi connectivity index (χ1n) is 6.24. The second-order valence-corrected chi connectivity index (χ2v) is 5.82. The van der Waals surface area contributed by atoms with E-state index in [4.69, 9.17) is 11.6 Å². The second-order valence-electron chi connectivity index (χ2n) is 4.33. The van der Waals surface area contributed by atoms with Gasteiger partial charge in [0, 0.05) is 17.0 Å². The van der Waals surface area contributed by atoms with E-state index >= 15 is 0 Å². The molecule has 2 rings (SSSR count). The first kappa shape index (κ1) is 14.4. The summed E-state index contributed by atoms with van der Waals surface area (Å²) in [6.45, 7) is 5.95. The van der Waals surface area contributed by atoms with Gasteiger partial charge in [0.25, 0.3) is 0 Å². The normalized spacial score (nSPS) is 10.9. The lowest BCUT2D eigenvalue weighted by Gasteiger charge is -2.00. The molecule has 0 atom stereocenters. The standard InChI is InChI=1S/C14H16ClFN2S/c1-3-6-17-8-13-9(2)18-14(19-13)10-4-5-12(16)11(15)7-10/h4-5,7,17H,3,6,8H2,1-2H3. The van der Waals surface area contributed by atoms with Gasteiger partial charge in [-0.2, -0.15) is 0 Å². The Hall–Kier alpha value is -0.970. The van der Waals surface area contributed by atoms with Crippen LogP contribution in [-0.2, 0) is 6.54 Å². The molecule has 0 spiro atoms. The molecule has 0 fully saturated rings. The van der Waals surface area contributed by atoms with E-state index in [1.54, 1.807) is 23.5 Å². The molecule has 1 heterocycles. The highest BCUT2D eigenvalue weighted by molar-refractivity contribution is 7.15. The van der Waals surface area contributed by atoms with E-state index in [1.165, 1.54) is 10.9 Å². The predicted octanol–water partition coefficient (Wildman–Crippen LogP) is 4.41. The van der Waals surface area contributed by atoms with Crippen molar-refractivity contribution < 1.29 is 4.39 Å². The molecule has 19 heavy (non-hydrogen) atoms. The molecule has 0 amide bonds. The Bertz CT molecular complexity index is 569. The number of aromatic nitrogens is 1. The van der Waals surface area contributed by atoms with Crippen molar-refractivity contribution >= 4 is 22.9 Å². The van der Waals surface area contributed by atoms with Crippen LogP contribution in [0, 0.1) is 12.7 Å². The number of nitrogens with one attached hydrogen (secondary N) is 1. The van der Waals surface area contributed by atoms with Gasteiger partial charge < -0.3 is 5.32 Å². The average Bonchev–Trinajstić information content (AvgIpc) is 2.75. The van der Waals surface area contributed by atoms with Crippen LogP contribution in [0.2, 0.25) is 5.02 Å². The number of aryl methyl sites for hydroxylation is 1. The summed E-state index contributed by atoms with van der Waals surface area (Å²) in [5, 5.41) is 4.38. The van der Waals surface area contributed by atoms with Crippen molar-refractivity contribution in [1.82, 2.24) is 10.3 Å². The summed E-state index contributed by atoms with van der Waals surface area (Å²) in [5.74, 6) is -0.400. The van der Waals surface area contributed by atoms with Crippen molar-refractivity contribution in [3.63, 3.8) is 0 Å². The van der Waals surface area contributed by atoms with Gasteiger partial charge in [0.05, 0.1) is 10.7 Å². The zero-order valence-electron chi connectivity index (χ0n) is 11.0. The van der Waals surface area contributed by atoms with Crippen molar-refractivity contribution in [2.24, 2.45) is 0 Å². The molecule has 102 valence electrons. The van der Waals surface area contributed by atoms with Crippen LogP contribution in [0.4, 0.5) is 4.39 Å². The summed E-state index contributed by atoms with van der Waals surface area (Å²) in [7, 11) is 0. The third-order valence-corrected chi connectivity index (χ3v) is 4.27. The quantitative estimate of drug-likeness (QED) is 0.827. The van der Waals surface area contributed by atoms with E-state index < -0.39 is 5.82 Å². The minimum Gasteiger partial charge on any atom is -0.312 e. The highest BCUT2D eigenvalue weighted by Gasteiger charge is 2.10. The number of hydrogen-bond donors (Lipinski definition) is 1. The smallest absolute Gasteiger partial charge is 0.141 e. The molecule has 0 saturated carbocycles. The van der Waals surface area contributed by atoms with Crippen molar-refractivity contribution in [2.75, 3.05) is 6.54 Å². The fraction of sp³-hybridized carbons (Fsp3) is 0.357. The van der Waals surface area contributed by atoms with Crippen molar-refractivity contribution in [3.05, 3.63) is 39.6 Å². The maximum atomic E-state index is 13.1. The molecule has 1 N–H and O–H groups in total.